The van der Waals surface area contributed by atoms with Crippen molar-refractivity contribution in [1.82, 2.24) is 9.55 Å². The van der Waals surface area contributed by atoms with E-state index in [0.717, 1.165) is 11.1 Å². The van der Waals surface area contributed by atoms with E-state index < -0.39 is 6.10 Å². The van der Waals surface area contributed by atoms with E-state index in [1.807, 2.05) is 47.0 Å². The predicted octanol–water partition coefficient (Wildman–Crippen LogP) is 4.83. The molecule has 4 rings (SSSR count). The van der Waals surface area contributed by atoms with Crippen LogP contribution >= 0.6 is 23.2 Å². The summed E-state index contributed by atoms with van der Waals surface area (Å²) in [7, 11) is 0. The van der Waals surface area contributed by atoms with Gasteiger partial charge in [0.2, 0.25) is 0 Å². The van der Waals surface area contributed by atoms with Crippen LogP contribution in [0.1, 0.15) is 22.8 Å². The standard InChI is InChI=1S/C22H16Cl2N2O2/c23-16-5-3-4-14(10-16)12-26-13-18(21(27)15-8-9-20(24)25-11-15)22(28)17-6-1-2-7-19(17)26/h1-11,13,21,27H,12H2. The summed E-state index contributed by atoms with van der Waals surface area (Å²) in [5.41, 5.74) is 2.36. The van der Waals surface area contributed by atoms with E-state index in [9.17, 15) is 9.90 Å². The number of hydrogen-bond donors (Lipinski definition) is 1. The summed E-state index contributed by atoms with van der Waals surface area (Å²) in [6.45, 7) is 0.514. The zero-order valence-electron chi connectivity index (χ0n) is 14.7. The second-order valence-electron chi connectivity index (χ2n) is 6.51. The Balaban J connectivity index is 1.86. The molecule has 2 aromatic heterocycles. The fourth-order valence-electron chi connectivity index (χ4n) is 3.25. The molecule has 0 aliphatic rings. The van der Waals surface area contributed by atoms with Crippen molar-refractivity contribution in [2.24, 2.45) is 0 Å². The molecule has 28 heavy (non-hydrogen) atoms. The molecule has 0 aliphatic carbocycles. The van der Waals surface area contributed by atoms with Crippen molar-refractivity contribution in [1.29, 1.82) is 0 Å². The van der Waals surface area contributed by atoms with Crippen LogP contribution in [0, 0.1) is 0 Å². The topological polar surface area (TPSA) is 55.1 Å². The Morgan fingerprint density at radius 2 is 1.86 bits per heavy atom. The minimum absolute atomic E-state index is 0.208. The van der Waals surface area contributed by atoms with E-state index >= 15 is 0 Å². The van der Waals surface area contributed by atoms with Crippen LogP contribution in [0.5, 0.6) is 0 Å². The minimum Gasteiger partial charge on any atom is -0.383 e. The van der Waals surface area contributed by atoms with E-state index in [0.29, 0.717) is 27.7 Å². The predicted molar refractivity (Wildman–Crippen MR) is 112 cm³/mol. The highest BCUT2D eigenvalue weighted by Crippen LogP contribution is 2.23. The fraction of sp³-hybridized carbons (Fsp3) is 0.0909. The van der Waals surface area contributed by atoms with Gasteiger partial charge in [0.05, 0.1) is 5.52 Å². The van der Waals surface area contributed by atoms with E-state index in [1.54, 1.807) is 24.4 Å². The summed E-state index contributed by atoms with van der Waals surface area (Å²) < 4.78 is 1.95. The van der Waals surface area contributed by atoms with Gasteiger partial charge in [0.25, 0.3) is 0 Å². The third kappa shape index (κ3) is 3.67. The number of rotatable bonds is 4. The molecule has 0 spiro atoms. The lowest BCUT2D eigenvalue weighted by atomic mass is 10.0. The van der Waals surface area contributed by atoms with Gasteiger partial charge in [-0.25, -0.2) is 4.98 Å². The van der Waals surface area contributed by atoms with Crippen LogP contribution in [0.15, 0.2) is 77.9 Å². The van der Waals surface area contributed by atoms with Crippen LogP contribution in [-0.4, -0.2) is 14.7 Å². The molecule has 1 unspecified atom stereocenters. The Hall–Kier alpha value is -2.66. The van der Waals surface area contributed by atoms with Crippen molar-refractivity contribution in [3.05, 3.63) is 110 Å². The van der Waals surface area contributed by atoms with Gasteiger partial charge in [-0.15, -0.1) is 0 Å². The number of benzene rings is 2. The molecule has 4 aromatic rings. The van der Waals surface area contributed by atoms with Crippen LogP contribution in [0.2, 0.25) is 10.2 Å². The molecular formula is C22H16Cl2N2O2. The molecular weight excluding hydrogens is 395 g/mol. The molecule has 1 N–H and O–H groups in total. The number of aliphatic hydroxyl groups excluding tert-OH is 1. The van der Waals surface area contributed by atoms with Crippen molar-refractivity contribution < 1.29 is 5.11 Å². The van der Waals surface area contributed by atoms with Crippen molar-refractivity contribution in [3.8, 4) is 0 Å². The van der Waals surface area contributed by atoms with Gasteiger partial charge in [-0.2, -0.15) is 0 Å². The lowest BCUT2D eigenvalue weighted by molar-refractivity contribution is 0.218. The first-order valence-electron chi connectivity index (χ1n) is 8.69. The van der Waals surface area contributed by atoms with Crippen LogP contribution in [-0.2, 0) is 6.54 Å². The molecule has 0 saturated carbocycles. The number of aliphatic hydroxyl groups is 1. The Morgan fingerprint density at radius 1 is 1.04 bits per heavy atom. The normalized spacial score (nSPS) is 12.2. The van der Waals surface area contributed by atoms with Crippen molar-refractivity contribution in [2.45, 2.75) is 12.6 Å². The summed E-state index contributed by atoms with van der Waals surface area (Å²) in [5, 5.41) is 12.4. The van der Waals surface area contributed by atoms with Gasteiger partial charge in [0.1, 0.15) is 11.3 Å². The first-order valence-corrected chi connectivity index (χ1v) is 9.44. The fourth-order valence-corrected chi connectivity index (χ4v) is 3.58. The Labute approximate surface area is 171 Å². The number of para-hydroxylation sites is 1. The highest BCUT2D eigenvalue weighted by molar-refractivity contribution is 6.30. The maximum Gasteiger partial charge on any atom is 0.195 e. The first-order chi connectivity index (χ1) is 13.5. The summed E-state index contributed by atoms with van der Waals surface area (Å²) in [4.78, 5) is 17.0. The lowest BCUT2D eigenvalue weighted by Gasteiger charge is -2.17. The molecule has 2 aromatic carbocycles. The summed E-state index contributed by atoms with van der Waals surface area (Å²) in [6, 6.07) is 18.2. The van der Waals surface area contributed by atoms with Crippen LogP contribution in [0.3, 0.4) is 0 Å². The van der Waals surface area contributed by atoms with Crippen LogP contribution < -0.4 is 5.43 Å². The quantitative estimate of drug-likeness (QED) is 0.490. The highest BCUT2D eigenvalue weighted by atomic mass is 35.5. The smallest absolute Gasteiger partial charge is 0.195 e. The second-order valence-corrected chi connectivity index (χ2v) is 7.33. The Bertz CT molecular complexity index is 1200. The van der Waals surface area contributed by atoms with Gasteiger partial charge in [-0.1, -0.05) is 53.5 Å². The number of hydrogen-bond acceptors (Lipinski definition) is 3. The van der Waals surface area contributed by atoms with Gasteiger partial charge in [-0.05, 0) is 35.9 Å². The Kier molecular flexibility index (Phi) is 5.18. The molecule has 1 atom stereocenters. The maximum absolute atomic E-state index is 13.0. The summed E-state index contributed by atoms with van der Waals surface area (Å²) in [6.07, 6.45) is 2.07. The molecule has 0 bridgehead atoms. The number of nitrogens with zero attached hydrogens (tertiary/aromatic N) is 2. The first kappa shape index (κ1) is 18.7. The third-order valence-electron chi connectivity index (χ3n) is 4.62. The average Bonchev–Trinajstić information content (AvgIpc) is 2.70. The molecule has 4 nitrogen and oxygen atoms in total. The van der Waals surface area contributed by atoms with Gasteiger partial charge >= 0.3 is 0 Å². The minimum atomic E-state index is -1.10. The highest BCUT2D eigenvalue weighted by Gasteiger charge is 2.18. The van der Waals surface area contributed by atoms with Crippen LogP contribution in [0.25, 0.3) is 10.9 Å². The third-order valence-corrected chi connectivity index (χ3v) is 5.08. The zero-order chi connectivity index (χ0) is 19.7. The number of fused-ring (bicyclic) bond motifs is 1. The van der Waals surface area contributed by atoms with Gasteiger partial charge in [-0.3, -0.25) is 4.79 Å². The van der Waals surface area contributed by atoms with E-state index in [4.69, 9.17) is 23.2 Å². The molecule has 0 radical (unpaired) electrons. The molecule has 0 saturated heterocycles. The number of halogens is 2. The zero-order valence-corrected chi connectivity index (χ0v) is 16.2. The molecule has 6 heteroatoms. The molecule has 0 fully saturated rings. The average molecular weight is 411 g/mol. The van der Waals surface area contributed by atoms with Gasteiger partial charge in [0.15, 0.2) is 5.43 Å². The SMILES string of the molecule is O=c1c(C(O)c2ccc(Cl)nc2)cn(Cc2cccc(Cl)c2)c2ccccc12. The maximum atomic E-state index is 13.0. The summed E-state index contributed by atoms with van der Waals surface area (Å²) >= 11 is 11.9. The molecule has 0 aliphatic heterocycles. The molecule has 2 heterocycles. The summed E-state index contributed by atoms with van der Waals surface area (Å²) in [5.74, 6) is 0. The molecule has 140 valence electrons. The largest absolute Gasteiger partial charge is 0.383 e. The lowest BCUT2D eigenvalue weighted by Crippen LogP contribution is -2.19. The second kappa shape index (κ2) is 7.76. The van der Waals surface area contributed by atoms with Crippen molar-refractivity contribution in [3.63, 3.8) is 0 Å². The number of pyridine rings is 2. The van der Waals surface area contributed by atoms with E-state index in [-0.39, 0.29) is 11.0 Å². The monoisotopic (exact) mass is 410 g/mol. The van der Waals surface area contributed by atoms with Gasteiger partial charge in [0, 0.05) is 40.5 Å². The van der Waals surface area contributed by atoms with E-state index in [1.165, 1.54) is 6.20 Å². The van der Waals surface area contributed by atoms with Crippen molar-refractivity contribution in [2.75, 3.05) is 0 Å². The van der Waals surface area contributed by atoms with Crippen LogP contribution in [0.4, 0.5) is 0 Å². The molecule has 0 amide bonds. The van der Waals surface area contributed by atoms with E-state index in [2.05, 4.69) is 4.98 Å². The van der Waals surface area contributed by atoms with Gasteiger partial charge < -0.3 is 9.67 Å². The van der Waals surface area contributed by atoms with Crippen molar-refractivity contribution >= 4 is 34.1 Å². The Morgan fingerprint density at radius 3 is 2.61 bits per heavy atom. The number of aromatic nitrogens is 2.